The smallest absolute Gasteiger partial charge is 0.271 e. The van der Waals surface area contributed by atoms with Crippen molar-refractivity contribution in [2.75, 3.05) is 19.1 Å². The Morgan fingerprint density at radius 3 is 2.12 bits per heavy atom. The summed E-state index contributed by atoms with van der Waals surface area (Å²) in [6.07, 6.45) is 1.87. The third-order valence-corrected chi connectivity index (χ3v) is 6.94. The summed E-state index contributed by atoms with van der Waals surface area (Å²) in [5.41, 5.74) is 7.14. The first kappa shape index (κ1) is 23.6. The molecule has 0 bridgehead atoms. The average molecular weight is 473 g/mol. The second-order valence-corrected chi connectivity index (χ2v) is 9.31. The van der Waals surface area contributed by atoms with Gasteiger partial charge in [0.25, 0.3) is 5.91 Å². The predicted octanol–water partition coefficient (Wildman–Crippen LogP) is 6.75. The fraction of sp³-hybridized carbons (Fsp3) is 0.214. The highest BCUT2D eigenvalue weighted by Gasteiger charge is 2.35. The number of amides is 1. The van der Waals surface area contributed by atoms with E-state index in [0.29, 0.717) is 21.6 Å². The fourth-order valence-corrected chi connectivity index (χ4v) is 4.64. The molecule has 6 heteroatoms. The lowest BCUT2D eigenvalue weighted by Gasteiger charge is -2.17. The average Bonchev–Trinajstić information content (AvgIpc) is 3.12. The van der Waals surface area contributed by atoms with Crippen LogP contribution >= 0.6 is 11.8 Å². The number of carbonyl (C=O) groups is 1. The lowest BCUT2D eigenvalue weighted by Crippen LogP contribution is -2.28. The van der Waals surface area contributed by atoms with Crippen LogP contribution in [0.3, 0.4) is 0 Å². The Kier molecular flexibility index (Phi) is 6.80. The molecule has 0 spiro atoms. The Morgan fingerprint density at radius 1 is 0.794 bits per heavy atom. The molecule has 1 heterocycles. The molecule has 0 unspecified atom stereocenters. The monoisotopic (exact) mass is 472 g/mol. The van der Waals surface area contributed by atoms with Crippen molar-refractivity contribution in [3.05, 3.63) is 87.3 Å². The van der Waals surface area contributed by atoms with Gasteiger partial charge in [-0.15, -0.1) is 0 Å². The molecule has 174 valence electrons. The number of benzene rings is 3. The second-order valence-electron chi connectivity index (χ2n) is 8.30. The Hall–Kier alpha value is -3.51. The summed E-state index contributed by atoms with van der Waals surface area (Å²) in [4.78, 5) is 20.8. The van der Waals surface area contributed by atoms with Crippen LogP contribution in [-0.2, 0) is 4.79 Å². The van der Waals surface area contributed by atoms with Crippen molar-refractivity contribution in [1.29, 1.82) is 0 Å². The summed E-state index contributed by atoms with van der Waals surface area (Å²) >= 11 is 1.37. The number of hydrogen-bond donors (Lipinski definition) is 0. The van der Waals surface area contributed by atoms with E-state index in [2.05, 4.69) is 26.8 Å². The number of anilines is 1. The van der Waals surface area contributed by atoms with Crippen molar-refractivity contribution < 1.29 is 14.3 Å². The Morgan fingerprint density at radius 2 is 1.47 bits per heavy atom. The van der Waals surface area contributed by atoms with Gasteiger partial charge in [-0.2, -0.15) is 0 Å². The predicted molar refractivity (Wildman–Crippen MR) is 142 cm³/mol. The van der Waals surface area contributed by atoms with Crippen molar-refractivity contribution in [3.8, 4) is 11.5 Å². The van der Waals surface area contributed by atoms with E-state index in [-0.39, 0.29) is 5.91 Å². The van der Waals surface area contributed by atoms with Crippen LogP contribution in [0.2, 0.25) is 0 Å². The van der Waals surface area contributed by atoms with Gasteiger partial charge < -0.3 is 9.47 Å². The zero-order chi connectivity index (χ0) is 24.4. The van der Waals surface area contributed by atoms with Crippen molar-refractivity contribution >= 4 is 40.3 Å². The summed E-state index contributed by atoms with van der Waals surface area (Å²) in [5, 5.41) is 0.628. The number of amidine groups is 1. The Labute approximate surface area is 205 Å². The number of nitrogens with zero attached hydrogens (tertiary/aromatic N) is 2. The quantitative estimate of drug-likeness (QED) is 0.386. The number of rotatable bonds is 5. The molecular weight excluding hydrogens is 444 g/mol. The van der Waals surface area contributed by atoms with Gasteiger partial charge in [-0.3, -0.25) is 9.69 Å². The van der Waals surface area contributed by atoms with Crippen LogP contribution in [0.15, 0.2) is 64.5 Å². The van der Waals surface area contributed by atoms with Crippen molar-refractivity contribution in [2.45, 2.75) is 27.7 Å². The molecule has 0 saturated carbocycles. The van der Waals surface area contributed by atoms with Crippen LogP contribution in [0.1, 0.15) is 27.8 Å². The SMILES string of the molecule is COc1ccc(/C=C2/SC(=Nc3ccc(C)c(C)c3)N(c3ccc(C)c(C)c3)C2=O)cc1OC. The van der Waals surface area contributed by atoms with E-state index in [4.69, 9.17) is 14.5 Å². The van der Waals surface area contributed by atoms with E-state index in [1.165, 1.54) is 22.9 Å². The molecule has 1 saturated heterocycles. The van der Waals surface area contributed by atoms with Crippen LogP contribution in [-0.4, -0.2) is 25.3 Å². The number of methoxy groups -OCH3 is 2. The third kappa shape index (κ3) is 4.73. The molecule has 3 aromatic rings. The molecule has 5 nitrogen and oxygen atoms in total. The molecule has 0 atom stereocenters. The molecule has 0 N–H and O–H groups in total. The number of aliphatic imine (C=N–C) groups is 1. The normalized spacial score (nSPS) is 15.9. The van der Waals surface area contributed by atoms with Gasteiger partial charge in [0, 0.05) is 0 Å². The van der Waals surface area contributed by atoms with E-state index in [9.17, 15) is 4.79 Å². The number of ether oxygens (including phenoxy) is 2. The van der Waals surface area contributed by atoms with Gasteiger partial charge in [0.05, 0.1) is 30.5 Å². The summed E-state index contributed by atoms with van der Waals surface area (Å²) in [7, 11) is 3.20. The molecule has 1 amide bonds. The molecule has 0 radical (unpaired) electrons. The molecule has 1 fully saturated rings. The molecular formula is C28H28N2O3S. The number of hydrogen-bond acceptors (Lipinski definition) is 5. The molecule has 0 aliphatic carbocycles. The largest absolute Gasteiger partial charge is 0.493 e. The second kappa shape index (κ2) is 9.77. The Bertz CT molecular complexity index is 1330. The summed E-state index contributed by atoms with van der Waals surface area (Å²) in [6, 6.07) is 17.7. The number of aryl methyl sites for hydroxylation is 4. The standard InChI is InChI=1S/C28H28N2O3S/c1-17-7-10-22(13-19(17)3)29-28-30(23-11-8-18(2)20(4)14-23)27(31)26(34-28)16-21-9-12-24(32-5)25(15-21)33-6/h7-16H,1-6H3/b26-16+,29-28?. The maximum atomic E-state index is 13.6. The topological polar surface area (TPSA) is 51.1 Å². The third-order valence-electron chi connectivity index (χ3n) is 5.98. The number of carbonyl (C=O) groups excluding carboxylic acids is 1. The highest BCUT2D eigenvalue weighted by atomic mass is 32.2. The van der Waals surface area contributed by atoms with E-state index in [0.717, 1.165) is 28.1 Å². The van der Waals surface area contributed by atoms with Gasteiger partial charge in [0.1, 0.15) is 0 Å². The van der Waals surface area contributed by atoms with E-state index < -0.39 is 0 Å². The lowest BCUT2D eigenvalue weighted by molar-refractivity contribution is -0.113. The van der Waals surface area contributed by atoms with Gasteiger partial charge in [0.2, 0.25) is 0 Å². The van der Waals surface area contributed by atoms with E-state index >= 15 is 0 Å². The van der Waals surface area contributed by atoms with Crippen LogP contribution < -0.4 is 14.4 Å². The lowest BCUT2D eigenvalue weighted by atomic mass is 10.1. The molecule has 3 aromatic carbocycles. The molecule has 1 aliphatic heterocycles. The van der Waals surface area contributed by atoms with Gasteiger partial charge >= 0.3 is 0 Å². The summed E-state index contributed by atoms with van der Waals surface area (Å²) < 4.78 is 10.8. The van der Waals surface area contributed by atoms with Crippen LogP contribution in [0.5, 0.6) is 11.5 Å². The minimum atomic E-state index is -0.106. The van der Waals surface area contributed by atoms with Gasteiger partial charge in [-0.05, 0) is 110 Å². The minimum absolute atomic E-state index is 0.106. The van der Waals surface area contributed by atoms with Gasteiger partial charge in [0.15, 0.2) is 16.7 Å². The van der Waals surface area contributed by atoms with E-state index in [1.54, 1.807) is 19.1 Å². The molecule has 0 aromatic heterocycles. The zero-order valence-electron chi connectivity index (χ0n) is 20.3. The fourth-order valence-electron chi connectivity index (χ4n) is 3.64. The minimum Gasteiger partial charge on any atom is -0.493 e. The van der Waals surface area contributed by atoms with Gasteiger partial charge in [-0.1, -0.05) is 18.2 Å². The van der Waals surface area contributed by atoms with E-state index in [1.807, 2.05) is 61.5 Å². The number of thioether (sulfide) groups is 1. The Balaban J connectivity index is 1.79. The molecule has 1 aliphatic rings. The van der Waals surface area contributed by atoms with Crippen LogP contribution in [0.4, 0.5) is 11.4 Å². The summed E-state index contributed by atoms with van der Waals surface area (Å²) in [6.45, 7) is 8.25. The van der Waals surface area contributed by atoms with Crippen LogP contribution in [0, 0.1) is 27.7 Å². The first-order chi connectivity index (χ1) is 16.3. The van der Waals surface area contributed by atoms with Crippen molar-refractivity contribution in [2.24, 2.45) is 4.99 Å². The van der Waals surface area contributed by atoms with Crippen molar-refractivity contribution in [1.82, 2.24) is 0 Å². The zero-order valence-corrected chi connectivity index (χ0v) is 21.1. The van der Waals surface area contributed by atoms with Crippen LogP contribution in [0.25, 0.3) is 6.08 Å². The maximum absolute atomic E-state index is 13.6. The maximum Gasteiger partial charge on any atom is 0.271 e. The van der Waals surface area contributed by atoms with Crippen molar-refractivity contribution in [3.63, 3.8) is 0 Å². The summed E-state index contributed by atoms with van der Waals surface area (Å²) in [5.74, 6) is 1.15. The van der Waals surface area contributed by atoms with Gasteiger partial charge in [-0.25, -0.2) is 4.99 Å². The molecule has 4 rings (SSSR count). The highest BCUT2D eigenvalue weighted by molar-refractivity contribution is 8.19. The first-order valence-electron chi connectivity index (χ1n) is 11.0. The molecule has 34 heavy (non-hydrogen) atoms. The first-order valence-corrected chi connectivity index (χ1v) is 11.8. The highest BCUT2D eigenvalue weighted by Crippen LogP contribution is 2.39.